The number of benzene rings is 2. The summed E-state index contributed by atoms with van der Waals surface area (Å²) in [6, 6.07) is 14.4. The first-order valence-electron chi connectivity index (χ1n) is 8.34. The van der Waals surface area contributed by atoms with Crippen LogP contribution in [-0.2, 0) is 23.0 Å². The quantitative estimate of drug-likeness (QED) is 0.743. The van der Waals surface area contributed by atoms with Crippen LogP contribution in [0.2, 0.25) is 5.02 Å². The molecule has 1 aliphatic rings. The van der Waals surface area contributed by atoms with Crippen LogP contribution in [0.1, 0.15) is 16.8 Å². The monoisotopic (exact) mass is 387 g/mol. The molecule has 2 heterocycles. The van der Waals surface area contributed by atoms with Gasteiger partial charge in [0.2, 0.25) is 10.0 Å². The van der Waals surface area contributed by atoms with E-state index in [2.05, 4.69) is 10.2 Å². The number of hydrogen-bond acceptors (Lipinski definition) is 3. The molecule has 0 spiro atoms. The minimum absolute atomic E-state index is 0.296. The standard InChI is InChI=1S/C19H18ClN3O2S/c1-13-5-7-16(8-6-13)26(24,25)23-10-9-18-17(12-23)19(22-21-18)14-3-2-4-15(20)11-14/h2-8,11H,9-10,12H2,1H3,(H,21,22). The van der Waals surface area contributed by atoms with E-state index in [0.717, 1.165) is 28.1 Å². The van der Waals surface area contributed by atoms with E-state index < -0.39 is 10.0 Å². The summed E-state index contributed by atoms with van der Waals surface area (Å²) >= 11 is 6.09. The van der Waals surface area contributed by atoms with E-state index in [1.54, 1.807) is 18.2 Å². The van der Waals surface area contributed by atoms with Gasteiger partial charge in [0.15, 0.2) is 0 Å². The lowest BCUT2D eigenvalue weighted by atomic mass is 10.0. The molecular weight excluding hydrogens is 370 g/mol. The van der Waals surface area contributed by atoms with Crippen LogP contribution >= 0.6 is 11.6 Å². The second-order valence-electron chi connectivity index (χ2n) is 6.44. The molecule has 0 amide bonds. The van der Waals surface area contributed by atoms with E-state index in [-0.39, 0.29) is 0 Å². The lowest BCUT2D eigenvalue weighted by Gasteiger charge is -2.26. The van der Waals surface area contributed by atoms with Crippen LogP contribution in [0.5, 0.6) is 0 Å². The summed E-state index contributed by atoms with van der Waals surface area (Å²) in [5.41, 5.74) is 4.56. The second kappa shape index (κ2) is 6.54. The maximum atomic E-state index is 13.0. The van der Waals surface area contributed by atoms with Crippen molar-refractivity contribution in [2.24, 2.45) is 0 Å². The summed E-state index contributed by atoms with van der Waals surface area (Å²) in [5.74, 6) is 0. The lowest BCUT2D eigenvalue weighted by molar-refractivity contribution is 0.390. The van der Waals surface area contributed by atoms with E-state index >= 15 is 0 Å². The minimum Gasteiger partial charge on any atom is -0.282 e. The Morgan fingerprint density at radius 2 is 1.92 bits per heavy atom. The topological polar surface area (TPSA) is 66.1 Å². The van der Waals surface area contributed by atoms with Crippen molar-refractivity contribution in [1.82, 2.24) is 14.5 Å². The van der Waals surface area contributed by atoms with Gasteiger partial charge in [0, 0.05) is 41.4 Å². The first kappa shape index (κ1) is 17.3. The van der Waals surface area contributed by atoms with Crippen molar-refractivity contribution >= 4 is 21.6 Å². The number of aryl methyl sites for hydroxylation is 1. The fourth-order valence-corrected chi connectivity index (χ4v) is 4.81. The fraction of sp³-hybridized carbons (Fsp3) is 0.211. The van der Waals surface area contributed by atoms with Gasteiger partial charge in [0.1, 0.15) is 0 Å². The summed E-state index contributed by atoms with van der Waals surface area (Å²) in [6.07, 6.45) is 0.605. The Morgan fingerprint density at radius 1 is 1.15 bits per heavy atom. The Balaban J connectivity index is 1.69. The molecular formula is C19H18ClN3O2S. The third-order valence-corrected chi connectivity index (χ3v) is 6.75. The van der Waals surface area contributed by atoms with Crippen molar-refractivity contribution in [3.63, 3.8) is 0 Å². The number of halogens is 1. The number of aromatic amines is 1. The van der Waals surface area contributed by atoms with Crippen LogP contribution in [0.15, 0.2) is 53.4 Å². The third-order valence-electron chi connectivity index (χ3n) is 4.66. The van der Waals surface area contributed by atoms with Crippen LogP contribution in [-0.4, -0.2) is 29.5 Å². The van der Waals surface area contributed by atoms with Gasteiger partial charge in [-0.05, 0) is 31.2 Å². The molecule has 0 unspecified atom stereocenters. The van der Waals surface area contributed by atoms with E-state index in [1.807, 2.05) is 37.3 Å². The van der Waals surface area contributed by atoms with Gasteiger partial charge in [-0.25, -0.2) is 8.42 Å². The molecule has 3 aromatic rings. The van der Waals surface area contributed by atoms with Crippen molar-refractivity contribution in [1.29, 1.82) is 0 Å². The molecule has 0 fully saturated rings. The largest absolute Gasteiger partial charge is 0.282 e. The molecule has 7 heteroatoms. The number of fused-ring (bicyclic) bond motifs is 1. The molecule has 0 atom stereocenters. The van der Waals surface area contributed by atoms with Crippen LogP contribution in [0.25, 0.3) is 11.3 Å². The van der Waals surface area contributed by atoms with E-state index in [9.17, 15) is 8.42 Å². The summed E-state index contributed by atoms with van der Waals surface area (Å²) in [6.45, 7) is 2.66. The summed E-state index contributed by atoms with van der Waals surface area (Å²) in [5, 5.41) is 8.08. The molecule has 1 aliphatic heterocycles. The Kier molecular flexibility index (Phi) is 4.34. The van der Waals surface area contributed by atoms with Crippen molar-refractivity contribution in [2.45, 2.75) is 24.8 Å². The molecule has 0 bridgehead atoms. The predicted octanol–water partition coefficient (Wildman–Crippen LogP) is 3.79. The van der Waals surface area contributed by atoms with E-state index in [0.29, 0.717) is 29.4 Å². The van der Waals surface area contributed by atoms with Gasteiger partial charge in [-0.15, -0.1) is 0 Å². The lowest BCUT2D eigenvalue weighted by Crippen LogP contribution is -2.35. The Bertz CT molecular complexity index is 1060. The van der Waals surface area contributed by atoms with Crippen LogP contribution in [0, 0.1) is 6.92 Å². The van der Waals surface area contributed by atoms with Gasteiger partial charge < -0.3 is 0 Å². The fourth-order valence-electron chi connectivity index (χ4n) is 3.21. The first-order valence-corrected chi connectivity index (χ1v) is 10.2. The number of nitrogens with one attached hydrogen (secondary N) is 1. The zero-order valence-corrected chi connectivity index (χ0v) is 15.8. The number of aromatic nitrogens is 2. The zero-order chi connectivity index (χ0) is 18.3. The molecule has 2 aromatic carbocycles. The highest BCUT2D eigenvalue weighted by atomic mass is 35.5. The highest BCUT2D eigenvalue weighted by molar-refractivity contribution is 7.89. The van der Waals surface area contributed by atoms with Gasteiger partial charge in [0.05, 0.1) is 10.6 Å². The number of rotatable bonds is 3. The Morgan fingerprint density at radius 3 is 2.65 bits per heavy atom. The van der Waals surface area contributed by atoms with Gasteiger partial charge in [0.25, 0.3) is 0 Å². The van der Waals surface area contributed by atoms with Gasteiger partial charge >= 0.3 is 0 Å². The predicted molar refractivity (Wildman–Crippen MR) is 102 cm³/mol. The number of nitrogens with zero attached hydrogens (tertiary/aromatic N) is 2. The van der Waals surface area contributed by atoms with Crippen LogP contribution < -0.4 is 0 Å². The molecule has 0 saturated heterocycles. The molecule has 26 heavy (non-hydrogen) atoms. The molecule has 0 saturated carbocycles. The van der Waals surface area contributed by atoms with Crippen molar-refractivity contribution < 1.29 is 8.42 Å². The summed E-state index contributed by atoms with van der Waals surface area (Å²) in [4.78, 5) is 0.319. The molecule has 4 rings (SSSR count). The minimum atomic E-state index is -3.54. The van der Waals surface area contributed by atoms with Gasteiger partial charge in [-0.1, -0.05) is 41.4 Å². The van der Waals surface area contributed by atoms with Crippen LogP contribution in [0.4, 0.5) is 0 Å². The number of sulfonamides is 1. The molecule has 0 aliphatic carbocycles. The Labute approximate surface area is 157 Å². The third kappa shape index (κ3) is 3.05. The van der Waals surface area contributed by atoms with E-state index in [1.165, 1.54) is 4.31 Å². The van der Waals surface area contributed by atoms with Crippen LogP contribution in [0.3, 0.4) is 0 Å². The normalized spacial score (nSPS) is 15.0. The summed E-state index contributed by atoms with van der Waals surface area (Å²) < 4.78 is 27.5. The molecule has 1 N–H and O–H groups in total. The number of H-pyrrole nitrogens is 1. The van der Waals surface area contributed by atoms with Crippen molar-refractivity contribution in [3.05, 3.63) is 70.4 Å². The average molecular weight is 388 g/mol. The van der Waals surface area contributed by atoms with Crippen molar-refractivity contribution in [2.75, 3.05) is 6.54 Å². The van der Waals surface area contributed by atoms with Gasteiger partial charge in [-0.3, -0.25) is 5.10 Å². The summed E-state index contributed by atoms with van der Waals surface area (Å²) in [7, 11) is -3.54. The molecule has 5 nitrogen and oxygen atoms in total. The van der Waals surface area contributed by atoms with Crippen molar-refractivity contribution in [3.8, 4) is 11.3 Å². The maximum Gasteiger partial charge on any atom is 0.243 e. The Hall–Kier alpha value is -2.15. The maximum absolute atomic E-state index is 13.0. The first-order chi connectivity index (χ1) is 12.4. The zero-order valence-electron chi connectivity index (χ0n) is 14.2. The molecule has 0 radical (unpaired) electrons. The average Bonchev–Trinajstić information content (AvgIpc) is 3.05. The highest BCUT2D eigenvalue weighted by Gasteiger charge is 2.31. The smallest absolute Gasteiger partial charge is 0.243 e. The molecule has 134 valence electrons. The number of hydrogen-bond donors (Lipinski definition) is 1. The SMILES string of the molecule is Cc1ccc(S(=O)(=O)N2CCc3[nH]nc(-c4cccc(Cl)c4)c3C2)cc1. The highest BCUT2D eigenvalue weighted by Crippen LogP contribution is 2.31. The molecule has 1 aromatic heterocycles. The van der Waals surface area contributed by atoms with Gasteiger partial charge in [-0.2, -0.15) is 9.40 Å². The van der Waals surface area contributed by atoms with E-state index in [4.69, 9.17) is 11.6 Å². The second-order valence-corrected chi connectivity index (χ2v) is 8.82.